The Morgan fingerprint density at radius 3 is 2.94 bits per heavy atom. The van der Waals surface area contributed by atoms with Crippen LogP contribution in [-0.2, 0) is 14.3 Å². The molecule has 0 N–H and O–H groups in total. The number of rotatable bonds is 6. The number of hydrogen-bond acceptors (Lipinski definition) is 3. The average Bonchev–Trinajstić information content (AvgIpc) is 2.89. The number of ether oxygens (including phenoxy) is 2. The second kappa shape index (κ2) is 5.38. The fraction of sp³-hybridized carbons (Fsp3) is 0.929. The van der Waals surface area contributed by atoms with Crippen molar-refractivity contribution < 1.29 is 14.3 Å². The van der Waals surface area contributed by atoms with E-state index >= 15 is 0 Å². The molecule has 2 fully saturated rings. The van der Waals surface area contributed by atoms with Gasteiger partial charge in [0.2, 0.25) is 0 Å². The van der Waals surface area contributed by atoms with E-state index in [9.17, 15) is 4.79 Å². The van der Waals surface area contributed by atoms with Crippen molar-refractivity contribution in [2.45, 2.75) is 70.5 Å². The molecule has 1 spiro atoms. The van der Waals surface area contributed by atoms with Crippen molar-refractivity contribution in [2.24, 2.45) is 5.92 Å². The minimum absolute atomic E-state index is 0.125. The van der Waals surface area contributed by atoms with E-state index in [0.717, 1.165) is 6.42 Å². The van der Waals surface area contributed by atoms with Crippen LogP contribution in [-0.4, -0.2) is 24.3 Å². The molecule has 3 heteroatoms. The zero-order chi connectivity index (χ0) is 12.3. The van der Waals surface area contributed by atoms with E-state index in [1.165, 1.54) is 38.5 Å². The molecule has 0 radical (unpaired) electrons. The molecule has 0 aromatic heterocycles. The molecule has 98 valence electrons. The van der Waals surface area contributed by atoms with E-state index in [0.29, 0.717) is 12.5 Å². The van der Waals surface area contributed by atoms with Gasteiger partial charge in [-0.05, 0) is 32.1 Å². The largest absolute Gasteiger partial charge is 0.464 e. The van der Waals surface area contributed by atoms with E-state index in [2.05, 4.69) is 6.92 Å². The van der Waals surface area contributed by atoms with Gasteiger partial charge in [-0.3, -0.25) is 0 Å². The highest BCUT2D eigenvalue weighted by atomic mass is 16.7. The first-order valence-corrected chi connectivity index (χ1v) is 7.09. The molecule has 0 bridgehead atoms. The van der Waals surface area contributed by atoms with Crippen molar-refractivity contribution in [1.82, 2.24) is 0 Å². The van der Waals surface area contributed by atoms with Crippen LogP contribution in [0.2, 0.25) is 0 Å². The predicted molar refractivity (Wildman–Crippen MR) is 65.7 cm³/mol. The quantitative estimate of drug-likeness (QED) is 0.407. The van der Waals surface area contributed by atoms with Gasteiger partial charge in [0.25, 0.3) is 0 Å². The number of carbonyl (C=O) groups is 1. The van der Waals surface area contributed by atoms with Crippen LogP contribution in [0.15, 0.2) is 0 Å². The standard InChI is InChI=1S/C14H24O3/c1-3-5-6-8-11-9-7-10-14(11)12(17-14)13(15)16-4-2/h11-12H,3-10H2,1-2H3. The highest BCUT2D eigenvalue weighted by molar-refractivity contribution is 5.79. The van der Waals surface area contributed by atoms with E-state index in [1.54, 1.807) is 0 Å². The Labute approximate surface area is 104 Å². The molecule has 2 aliphatic rings. The van der Waals surface area contributed by atoms with Crippen LogP contribution in [0.1, 0.15) is 58.8 Å². The zero-order valence-electron chi connectivity index (χ0n) is 11.0. The molecule has 3 unspecified atom stereocenters. The van der Waals surface area contributed by atoms with Gasteiger partial charge in [-0.15, -0.1) is 0 Å². The van der Waals surface area contributed by atoms with Crippen molar-refractivity contribution in [3.05, 3.63) is 0 Å². The first-order valence-electron chi connectivity index (χ1n) is 7.09. The number of unbranched alkanes of at least 4 members (excludes halogenated alkanes) is 2. The Balaban J connectivity index is 1.85. The molecule has 1 heterocycles. The van der Waals surface area contributed by atoms with Crippen molar-refractivity contribution in [2.75, 3.05) is 6.61 Å². The van der Waals surface area contributed by atoms with Crippen molar-refractivity contribution in [3.63, 3.8) is 0 Å². The predicted octanol–water partition coefficient (Wildman–Crippen LogP) is 3.07. The molecule has 2 rings (SSSR count). The van der Waals surface area contributed by atoms with Gasteiger partial charge in [-0.1, -0.05) is 32.6 Å². The summed E-state index contributed by atoms with van der Waals surface area (Å²) in [4.78, 5) is 11.7. The zero-order valence-corrected chi connectivity index (χ0v) is 11.0. The minimum Gasteiger partial charge on any atom is -0.464 e. The van der Waals surface area contributed by atoms with Gasteiger partial charge in [0, 0.05) is 0 Å². The Kier molecular flexibility index (Phi) is 4.08. The molecule has 17 heavy (non-hydrogen) atoms. The first-order chi connectivity index (χ1) is 8.24. The molecule has 0 amide bonds. The topological polar surface area (TPSA) is 38.8 Å². The van der Waals surface area contributed by atoms with Gasteiger partial charge < -0.3 is 9.47 Å². The van der Waals surface area contributed by atoms with Gasteiger partial charge in [0.05, 0.1) is 6.61 Å². The maximum Gasteiger partial charge on any atom is 0.338 e. The molecule has 0 aromatic rings. The Morgan fingerprint density at radius 2 is 2.24 bits per heavy atom. The molecular formula is C14H24O3. The normalized spacial score (nSPS) is 35.2. The lowest BCUT2D eigenvalue weighted by atomic mass is 9.88. The Bertz CT molecular complexity index is 277. The summed E-state index contributed by atoms with van der Waals surface area (Å²) in [5.41, 5.74) is -0.125. The number of esters is 1. The molecule has 1 aliphatic heterocycles. The lowest BCUT2D eigenvalue weighted by Crippen LogP contribution is -2.26. The third-order valence-corrected chi connectivity index (χ3v) is 4.19. The summed E-state index contributed by atoms with van der Waals surface area (Å²) >= 11 is 0. The van der Waals surface area contributed by atoms with Crippen molar-refractivity contribution in [1.29, 1.82) is 0 Å². The van der Waals surface area contributed by atoms with Gasteiger partial charge >= 0.3 is 5.97 Å². The fourth-order valence-electron chi connectivity index (χ4n) is 3.25. The Hall–Kier alpha value is -0.570. The van der Waals surface area contributed by atoms with Crippen LogP contribution in [0.4, 0.5) is 0 Å². The second-order valence-corrected chi connectivity index (χ2v) is 5.29. The summed E-state index contributed by atoms with van der Waals surface area (Å²) in [5, 5.41) is 0. The SMILES string of the molecule is CCCCCC1CCCC12OC2C(=O)OCC. The molecule has 3 nitrogen and oxygen atoms in total. The smallest absolute Gasteiger partial charge is 0.338 e. The van der Waals surface area contributed by atoms with Gasteiger partial charge in [0.15, 0.2) is 6.10 Å². The van der Waals surface area contributed by atoms with Crippen LogP contribution in [0.5, 0.6) is 0 Å². The summed E-state index contributed by atoms with van der Waals surface area (Å²) in [7, 11) is 0. The molecule has 1 saturated heterocycles. The molecule has 3 atom stereocenters. The van der Waals surface area contributed by atoms with Crippen LogP contribution in [0.25, 0.3) is 0 Å². The van der Waals surface area contributed by atoms with Crippen LogP contribution < -0.4 is 0 Å². The Morgan fingerprint density at radius 1 is 1.41 bits per heavy atom. The lowest BCUT2D eigenvalue weighted by molar-refractivity contribution is -0.144. The van der Waals surface area contributed by atoms with E-state index in [4.69, 9.17) is 9.47 Å². The van der Waals surface area contributed by atoms with E-state index in [-0.39, 0.29) is 17.7 Å². The van der Waals surface area contributed by atoms with Crippen LogP contribution in [0, 0.1) is 5.92 Å². The first kappa shape index (κ1) is 12.9. The molecule has 0 aromatic carbocycles. The maximum absolute atomic E-state index is 11.7. The molecule has 1 aliphatic carbocycles. The molecular weight excluding hydrogens is 216 g/mol. The summed E-state index contributed by atoms with van der Waals surface area (Å²) in [6.45, 7) is 4.52. The van der Waals surface area contributed by atoms with Crippen molar-refractivity contribution >= 4 is 5.97 Å². The van der Waals surface area contributed by atoms with Gasteiger partial charge in [-0.2, -0.15) is 0 Å². The van der Waals surface area contributed by atoms with Crippen LogP contribution >= 0.6 is 0 Å². The number of carbonyl (C=O) groups excluding carboxylic acids is 1. The van der Waals surface area contributed by atoms with Gasteiger partial charge in [-0.25, -0.2) is 4.79 Å². The molecule has 1 saturated carbocycles. The third-order valence-electron chi connectivity index (χ3n) is 4.19. The number of hydrogen-bond donors (Lipinski definition) is 0. The summed E-state index contributed by atoms with van der Waals surface area (Å²) < 4.78 is 10.8. The highest BCUT2D eigenvalue weighted by Crippen LogP contribution is 2.55. The highest BCUT2D eigenvalue weighted by Gasteiger charge is 2.66. The van der Waals surface area contributed by atoms with Crippen molar-refractivity contribution in [3.8, 4) is 0 Å². The summed E-state index contributed by atoms with van der Waals surface area (Å²) in [6, 6.07) is 0. The van der Waals surface area contributed by atoms with E-state index in [1.807, 2.05) is 6.92 Å². The third kappa shape index (κ3) is 2.49. The van der Waals surface area contributed by atoms with Gasteiger partial charge in [0.1, 0.15) is 5.60 Å². The minimum atomic E-state index is -0.253. The summed E-state index contributed by atoms with van der Waals surface area (Å²) in [5.74, 6) is 0.443. The monoisotopic (exact) mass is 240 g/mol. The fourth-order valence-corrected chi connectivity index (χ4v) is 3.25. The summed E-state index contributed by atoms with van der Waals surface area (Å²) in [6.07, 6.45) is 8.24. The lowest BCUT2D eigenvalue weighted by Gasteiger charge is -2.15. The maximum atomic E-state index is 11.7. The van der Waals surface area contributed by atoms with Crippen LogP contribution in [0.3, 0.4) is 0 Å². The average molecular weight is 240 g/mol. The second-order valence-electron chi connectivity index (χ2n) is 5.29. The van der Waals surface area contributed by atoms with E-state index < -0.39 is 0 Å². The number of epoxide rings is 1.